The van der Waals surface area contributed by atoms with E-state index in [9.17, 15) is 13.6 Å². The van der Waals surface area contributed by atoms with Crippen molar-refractivity contribution in [2.75, 3.05) is 13.2 Å². The van der Waals surface area contributed by atoms with Crippen LogP contribution in [0.15, 0.2) is 18.2 Å². The quantitative estimate of drug-likeness (QED) is 0.770. The molecule has 0 N–H and O–H groups in total. The van der Waals surface area contributed by atoms with Gasteiger partial charge in [-0.25, -0.2) is 8.78 Å². The monoisotopic (exact) mass is 255 g/mol. The molecule has 0 spiro atoms. The minimum Gasteiger partial charge on any atom is -0.375 e. The largest absolute Gasteiger partial charge is 0.375 e. The van der Waals surface area contributed by atoms with E-state index >= 15 is 0 Å². The first kappa shape index (κ1) is 13.0. The summed E-state index contributed by atoms with van der Waals surface area (Å²) in [5.41, 5.74) is 0.162. The van der Waals surface area contributed by atoms with E-state index in [4.69, 9.17) is 4.74 Å². The van der Waals surface area contributed by atoms with Crippen LogP contribution in [0.2, 0.25) is 0 Å². The lowest BCUT2D eigenvalue weighted by molar-refractivity contribution is -0.0387. The number of nitrogens with zero attached hydrogens (tertiary/aromatic N) is 1. The van der Waals surface area contributed by atoms with Crippen molar-refractivity contribution < 1.29 is 18.3 Å². The van der Waals surface area contributed by atoms with Crippen molar-refractivity contribution in [3.05, 3.63) is 35.4 Å². The summed E-state index contributed by atoms with van der Waals surface area (Å²) in [7, 11) is 0. The summed E-state index contributed by atoms with van der Waals surface area (Å²) in [4.78, 5) is 13.8. The normalized spacial score (nSPS) is 24.1. The van der Waals surface area contributed by atoms with Crippen molar-refractivity contribution in [2.45, 2.75) is 26.0 Å². The molecule has 1 aromatic carbocycles. The molecule has 1 aliphatic rings. The van der Waals surface area contributed by atoms with Gasteiger partial charge in [0, 0.05) is 12.1 Å². The van der Waals surface area contributed by atoms with Gasteiger partial charge in [-0.2, -0.15) is 0 Å². The molecule has 1 fully saturated rings. The second-order valence-electron chi connectivity index (χ2n) is 4.58. The van der Waals surface area contributed by atoms with E-state index in [0.29, 0.717) is 13.2 Å². The Bertz CT molecular complexity index is 464. The zero-order valence-corrected chi connectivity index (χ0v) is 10.3. The van der Waals surface area contributed by atoms with Crippen LogP contribution in [0.4, 0.5) is 8.78 Å². The maximum absolute atomic E-state index is 13.1. The van der Waals surface area contributed by atoms with Gasteiger partial charge in [-0.1, -0.05) is 0 Å². The number of benzene rings is 1. The second kappa shape index (κ2) is 5.02. The molecule has 0 radical (unpaired) electrons. The Kier molecular flexibility index (Phi) is 3.61. The number of halogens is 2. The van der Waals surface area contributed by atoms with E-state index < -0.39 is 11.6 Å². The Morgan fingerprint density at radius 2 is 2.06 bits per heavy atom. The number of ether oxygens (including phenoxy) is 1. The Morgan fingerprint density at radius 3 is 2.72 bits per heavy atom. The highest BCUT2D eigenvalue weighted by Gasteiger charge is 2.28. The molecule has 0 aliphatic carbocycles. The van der Waals surface area contributed by atoms with Gasteiger partial charge in [0.25, 0.3) is 5.91 Å². The van der Waals surface area contributed by atoms with Gasteiger partial charge in [-0.05, 0) is 32.0 Å². The fourth-order valence-corrected chi connectivity index (χ4v) is 1.98. The van der Waals surface area contributed by atoms with Crippen LogP contribution in [0.1, 0.15) is 24.2 Å². The molecule has 0 saturated carbocycles. The van der Waals surface area contributed by atoms with Crippen molar-refractivity contribution in [3.8, 4) is 0 Å². The molecule has 2 atom stereocenters. The average molecular weight is 255 g/mol. The van der Waals surface area contributed by atoms with Crippen molar-refractivity contribution in [1.82, 2.24) is 4.90 Å². The lowest BCUT2D eigenvalue weighted by Crippen LogP contribution is -2.50. The van der Waals surface area contributed by atoms with Crippen LogP contribution in [0.25, 0.3) is 0 Å². The number of amides is 1. The maximum Gasteiger partial charge on any atom is 0.254 e. The Hall–Kier alpha value is -1.49. The van der Waals surface area contributed by atoms with Gasteiger partial charge in [-0.3, -0.25) is 4.79 Å². The Balaban J connectivity index is 2.21. The molecule has 0 bridgehead atoms. The molecule has 1 saturated heterocycles. The van der Waals surface area contributed by atoms with E-state index in [1.807, 2.05) is 13.8 Å². The number of hydrogen-bond donors (Lipinski definition) is 0. The lowest BCUT2D eigenvalue weighted by atomic mass is 10.1. The van der Waals surface area contributed by atoms with Gasteiger partial charge in [0.15, 0.2) is 11.6 Å². The molecule has 0 aromatic heterocycles. The summed E-state index contributed by atoms with van der Waals surface area (Å²) < 4.78 is 31.4. The highest BCUT2D eigenvalue weighted by Crippen LogP contribution is 2.17. The predicted octanol–water partition coefficient (Wildman–Crippen LogP) is 2.21. The first-order valence-corrected chi connectivity index (χ1v) is 5.86. The summed E-state index contributed by atoms with van der Waals surface area (Å²) in [6.45, 7) is 4.65. The third kappa shape index (κ3) is 2.51. The van der Waals surface area contributed by atoms with E-state index in [1.165, 1.54) is 6.07 Å². The molecule has 0 unspecified atom stereocenters. The molecule has 1 amide bonds. The van der Waals surface area contributed by atoms with Crippen LogP contribution in [0.3, 0.4) is 0 Å². The van der Waals surface area contributed by atoms with Crippen LogP contribution >= 0.6 is 0 Å². The summed E-state index contributed by atoms with van der Waals surface area (Å²) >= 11 is 0. The van der Waals surface area contributed by atoms with Gasteiger partial charge in [-0.15, -0.1) is 0 Å². The molecule has 1 aromatic rings. The highest BCUT2D eigenvalue weighted by atomic mass is 19.2. The average Bonchev–Trinajstić information content (AvgIpc) is 2.35. The maximum atomic E-state index is 13.1. The molecule has 1 aliphatic heterocycles. The van der Waals surface area contributed by atoms with Crippen LogP contribution in [0, 0.1) is 11.6 Å². The fourth-order valence-electron chi connectivity index (χ4n) is 1.98. The van der Waals surface area contributed by atoms with Crippen molar-refractivity contribution in [3.63, 3.8) is 0 Å². The first-order chi connectivity index (χ1) is 8.49. The van der Waals surface area contributed by atoms with E-state index in [0.717, 1.165) is 12.1 Å². The number of morpholine rings is 1. The van der Waals surface area contributed by atoms with Gasteiger partial charge in [0.05, 0.1) is 18.8 Å². The van der Waals surface area contributed by atoms with E-state index in [2.05, 4.69) is 0 Å². The van der Waals surface area contributed by atoms with Gasteiger partial charge >= 0.3 is 0 Å². The summed E-state index contributed by atoms with van der Waals surface area (Å²) in [5.74, 6) is -2.25. The molecule has 3 nitrogen and oxygen atoms in total. The standard InChI is InChI=1S/C13H15F2NO2/c1-8-7-18-9(2)6-16(8)13(17)10-3-4-11(14)12(15)5-10/h3-5,8-9H,6-7H2,1-2H3/t8-,9+/m0/s1. The zero-order chi connectivity index (χ0) is 13.3. The molecular formula is C13H15F2NO2. The van der Waals surface area contributed by atoms with Gasteiger partial charge < -0.3 is 9.64 Å². The third-order valence-corrected chi connectivity index (χ3v) is 3.04. The summed E-state index contributed by atoms with van der Waals surface area (Å²) in [6.07, 6.45) is -0.0459. The molecular weight excluding hydrogens is 240 g/mol. The Morgan fingerprint density at radius 1 is 1.33 bits per heavy atom. The smallest absolute Gasteiger partial charge is 0.254 e. The SMILES string of the molecule is C[C@@H]1CN(C(=O)c2ccc(F)c(F)c2)[C@@H](C)CO1. The Labute approximate surface area is 104 Å². The second-order valence-corrected chi connectivity index (χ2v) is 4.58. The molecule has 5 heteroatoms. The van der Waals surface area contributed by atoms with Crippen LogP contribution < -0.4 is 0 Å². The minimum absolute atomic E-state index is 0.0459. The van der Waals surface area contributed by atoms with Gasteiger partial charge in [0.1, 0.15) is 0 Å². The first-order valence-electron chi connectivity index (χ1n) is 5.86. The fraction of sp³-hybridized carbons (Fsp3) is 0.462. The van der Waals surface area contributed by atoms with Crippen LogP contribution in [-0.2, 0) is 4.74 Å². The summed E-state index contributed by atoms with van der Waals surface area (Å²) in [6, 6.07) is 3.14. The number of hydrogen-bond acceptors (Lipinski definition) is 2. The van der Waals surface area contributed by atoms with Crippen LogP contribution in [-0.4, -0.2) is 36.1 Å². The van der Waals surface area contributed by atoms with Crippen molar-refractivity contribution in [2.24, 2.45) is 0 Å². The topological polar surface area (TPSA) is 29.5 Å². The van der Waals surface area contributed by atoms with E-state index in [1.54, 1.807) is 4.90 Å². The zero-order valence-electron chi connectivity index (χ0n) is 10.3. The van der Waals surface area contributed by atoms with Crippen LogP contribution in [0.5, 0.6) is 0 Å². The highest BCUT2D eigenvalue weighted by molar-refractivity contribution is 5.94. The number of carbonyl (C=O) groups excluding carboxylic acids is 1. The summed E-state index contributed by atoms with van der Waals surface area (Å²) in [5, 5.41) is 0. The van der Waals surface area contributed by atoms with Crippen molar-refractivity contribution >= 4 is 5.91 Å². The number of rotatable bonds is 1. The third-order valence-electron chi connectivity index (χ3n) is 3.04. The molecule has 2 rings (SSSR count). The predicted molar refractivity (Wildman–Crippen MR) is 62.3 cm³/mol. The van der Waals surface area contributed by atoms with Crippen molar-refractivity contribution in [1.29, 1.82) is 0 Å². The number of carbonyl (C=O) groups is 1. The van der Waals surface area contributed by atoms with E-state index in [-0.39, 0.29) is 23.6 Å². The molecule has 18 heavy (non-hydrogen) atoms. The minimum atomic E-state index is -1.00. The molecule has 98 valence electrons. The lowest BCUT2D eigenvalue weighted by Gasteiger charge is -2.36. The molecule has 1 heterocycles. The van der Waals surface area contributed by atoms with Gasteiger partial charge in [0.2, 0.25) is 0 Å².